The van der Waals surface area contributed by atoms with Crippen LogP contribution in [0.5, 0.6) is 0 Å². The third-order valence-electron chi connectivity index (χ3n) is 2.45. The van der Waals surface area contributed by atoms with Crippen LogP contribution in [0.4, 0.5) is 21.5 Å². The largest absolute Gasteiger partial charge is 0.332 e. The Morgan fingerprint density at radius 3 is 2.40 bits per heavy atom. The highest BCUT2D eigenvalue weighted by Crippen LogP contribution is 2.23. The summed E-state index contributed by atoms with van der Waals surface area (Å²) in [4.78, 5) is 10.4. The lowest BCUT2D eigenvalue weighted by Crippen LogP contribution is -2.19. The second kappa shape index (κ2) is 6.07. The molecule has 0 radical (unpaired) electrons. The summed E-state index contributed by atoms with van der Waals surface area (Å²) in [7, 11) is 0. The summed E-state index contributed by atoms with van der Waals surface area (Å²) in [5.41, 5.74) is 0.801. The van der Waals surface area contributed by atoms with Gasteiger partial charge in [-0.3, -0.25) is 10.1 Å². The van der Waals surface area contributed by atoms with E-state index >= 15 is 0 Å². The van der Waals surface area contributed by atoms with Crippen LogP contribution >= 0.6 is 12.2 Å². The van der Waals surface area contributed by atoms with Gasteiger partial charge >= 0.3 is 0 Å². The summed E-state index contributed by atoms with van der Waals surface area (Å²) in [5.74, 6) is -0.354. The van der Waals surface area contributed by atoms with Crippen LogP contribution in [0.3, 0.4) is 0 Å². The Hall–Kier alpha value is -2.54. The minimum Gasteiger partial charge on any atom is -0.332 e. The second-order valence-electron chi connectivity index (χ2n) is 3.86. The molecule has 7 heteroatoms. The van der Waals surface area contributed by atoms with E-state index in [4.69, 9.17) is 12.2 Å². The van der Waals surface area contributed by atoms with E-state index in [-0.39, 0.29) is 22.3 Å². The van der Waals surface area contributed by atoms with Crippen LogP contribution in [0, 0.1) is 15.9 Å². The maximum Gasteiger partial charge on any atom is 0.292 e. The molecule has 0 amide bonds. The number of hydrogen-bond donors (Lipinski definition) is 2. The highest BCUT2D eigenvalue weighted by molar-refractivity contribution is 7.80. The molecule has 0 saturated heterocycles. The molecule has 2 N–H and O–H groups in total. The van der Waals surface area contributed by atoms with Crippen LogP contribution < -0.4 is 10.6 Å². The number of nitro benzene ring substituents is 1. The summed E-state index contributed by atoms with van der Waals surface area (Å²) in [6.45, 7) is 0. The molecular formula is C13H10FN3O2S. The molecular weight excluding hydrogens is 281 g/mol. The SMILES string of the molecule is O=[N+]([O-])c1ccccc1NC(=S)Nc1ccc(F)cc1. The van der Waals surface area contributed by atoms with Crippen molar-refractivity contribution < 1.29 is 9.31 Å². The number of benzene rings is 2. The minimum atomic E-state index is -0.497. The summed E-state index contributed by atoms with van der Waals surface area (Å²) < 4.78 is 12.8. The van der Waals surface area contributed by atoms with Gasteiger partial charge in [0.1, 0.15) is 11.5 Å². The monoisotopic (exact) mass is 291 g/mol. The first-order valence-electron chi connectivity index (χ1n) is 5.63. The topological polar surface area (TPSA) is 67.2 Å². The fraction of sp³-hybridized carbons (Fsp3) is 0. The summed E-state index contributed by atoms with van der Waals surface area (Å²) >= 11 is 5.06. The summed E-state index contributed by atoms with van der Waals surface area (Å²) in [6, 6.07) is 11.8. The maximum atomic E-state index is 12.8. The molecule has 0 aromatic heterocycles. The van der Waals surface area contributed by atoms with Crippen LogP contribution in [0.15, 0.2) is 48.5 Å². The van der Waals surface area contributed by atoms with Gasteiger partial charge in [-0.25, -0.2) is 4.39 Å². The molecule has 0 aliphatic rings. The predicted molar refractivity (Wildman–Crippen MR) is 79.3 cm³/mol. The van der Waals surface area contributed by atoms with Crippen LogP contribution in [0.2, 0.25) is 0 Å². The van der Waals surface area contributed by atoms with Crippen LogP contribution in [-0.2, 0) is 0 Å². The molecule has 102 valence electrons. The average Bonchev–Trinajstić information content (AvgIpc) is 2.41. The zero-order valence-electron chi connectivity index (χ0n) is 10.2. The van der Waals surface area contributed by atoms with E-state index < -0.39 is 4.92 Å². The van der Waals surface area contributed by atoms with Crippen molar-refractivity contribution in [3.05, 3.63) is 64.5 Å². The number of thiocarbonyl (C=S) groups is 1. The number of rotatable bonds is 3. The quantitative estimate of drug-likeness (QED) is 0.514. The van der Waals surface area contributed by atoms with Gasteiger partial charge in [-0.2, -0.15) is 0 Å². The summed E-state index contributed by atoms with van der Waals surface area (Å²) in [6.07, 6.45) is 0. The van der Waals surface area contributed by atoms with Crippen molar-refractivity contribution in [2.24, 2.45) is 0 Å². The lowest BCUT2D eigenvalue weighted by Gasteiger charge is -2.10. The average molecular weight is 291 g/mol. The van der Waals surface area contributed by atoms with Gasteiger partial charge < -0.3 is 10.6 Å². The van der Waals surface area contributed by atoms with Gasteiger partial charge in [0.05, 0.1) is 4.92 Å². The molecule has 0 aliphatic heterocycles. The van der Waals surface area contributed by atoms with Crippen LogP contribution in [0.1, 0.15) is 0 Å². The molecule has 2 aromatic carbocycles. The Morgan fingerprint density at radius 1 is 1.10 bits per heavy atom. The fourth-order valence-electron chi connectivity index (χ4n) is 1.56. The Labute approximate surface area is 119 Å². The van der Waals surface area contributed by atoms with Crippen molar-refractivity contribution in [2.45, 2.75) is 0 Å². The lowest BCUT2D eigenvalue weighted by atomic mass is 10.2. The minimum absolute atomic E-state index is 0.0734. The zero-order chi connectivity index (χ0) is 14.5. The molecule has 0 saturated carbocycles. The van der Waals surface area contributed by atoms with Gasteiger partial charge in [0.15, 0.2) is 5.11 Å². The number of nitrogens with zero attached hydrogens (tertiary/aromatic N) is 1. The van der Waals surface area contributed by atoms with Gasteiger partial charge in [-0.05, 0) is 42.5 Å². The standard InChI is InChI=1S/C13H10FN3O2S/c14-9-5-7-10(8-6-9)15-13(20)16-11-3-1-2-4-12(11)17(18)19/h1-8H,(H2,15,16,20). The molecule has 5 nitrogen and oxygen atoms in total. The normalized spacial score (nSPS) is 9.85. The van der Waals surface area contributed by atoms with E-state index in [1.54, 1.807) is 18.2 Å². The van der Waals surface area contributed by atoms with Gasteiger partial charge in [0.25, 0.3) is 5.69 Å². The lowest BCUT2D eigenvalue weighted by molar-refractivity contribution is -0.383. The van der Waals surface area contributed by atoms with E-state index in [1.807, 2.05) is 0 Å². The molecule has 0 spiro atoms. The van der Waals surface area contributed by atoms with Crippen molar-refractivity contribution in [1.29, 1.82) is 0 Å². The molecule has 0 fully saturated rings. The number of nitrogens with one attached hydrogen (secondary N) is 2. The van der Waals surface area contributed by atoms with Gasteiger partial charge in [0, 0.05) is 11.8 Å². The highest BCUT2D eigenvalue weighted by Gasteiger charge is 2.13. The first-order chi connectivity index (χ1) is 9.56. The molecule has 0 atom stereocenters. The number of nitro groups is 1. The second-order valence-corrected chi connectivity index (χ2v) is 4.27. The number of anilines is 2. The zero-order valence-corrected chi connectivity index (χ0v) is 11.0. The van der Waals surface area contributed by atoms with Crippen molar-refractivity contribution in [3.63, 3.8) is 0 Å². The van der Waals surface area contributed by atoms with Crippen molar-refractivity contribution in [1.82, 2.24) is 0 Å². The Bertz CT molecular complexity index is 646. The summed E-state index contributed by atoms with van der Waals surface area (Å²) in [5, 5.41) is 16.6. The fourth-order valence-corrected chi connectivity index (χ4v) is 1.78. The van der Waals surface area contributed by atoms with E-state index in [0.29, 0.717) is 5.69 Å². The van der Waals surface area contributed by atoms with Gasteiger partial charge in [0.2, 0.25) is 0 Å². The Balaban J connectivity index is 2.08. The number of hydrogen-bond acceptors (Lipinski definition) is 3. The first-order valence-corrected chi connectivity index (χ1v) is 6.04. The highest BCUT2D eigenvalue weighted by atomic mass is 32.1. The van der Waals surface area contributed by atoms with Gasteiger partial charge in [-0.15, -0.1) is 0 Å². The van der Waals surface area contributed by atoms with E-state index in [0.717, 1.165) is 0 Å². The van der Waals surface area contributed by atoms with Crippen molar-refractivity contribution in [3.8, 4) is 0 Å². The van der Waals surface area contributed by atoms with E-state index in [1.165, 1.54) is 30.3 Å². The van der Waals surface area contributed by atoms with Crippen molar-refractivity contribution >= 4 is 34.4 Å². The van der Waals surface area contributed by atoms with Crippen LogP contribution in [0.25, 0.3) is 0 Å². The maximum absolute atomic E-state index is 12.8. The smallest absolute Gasteiger partial charge is 0.292 e. The van der Waals surface area contributed by atoms with E-state index in [9.17, 15) is 14.5 Å². The van der Waals surface area contributed by atoms with Gasteiger partial charge in [-0.1, -0.05) is 12.1 Å². The molecule has 0 heterocycles. The molecule has 20 heavy (non-hydrogen) atoms. The van der Waals surface area contributed by atoms with E-state index in [2.05, 4.69) is 10.6 Å². The van der Waals surface area contributed by atoms with Crippen LogP contribution in [-0.4, -0.2) is 10.0 Å². The number of para-hydroxylation sites is 2. The first kappa shape index (κ1) is 13.9. The Morgan fingerprint density at radius 2 is 1.75 bits per heavy atom. The Kier molecular flexibility index (Phi) is 4.21. The molecule has 0 aliphatic carbocycles. The molecule has 2 rings (SSSR count). The molecule has 0 unspecified atom stereocenters. The predicted octanol–water partition coefficient (Wildman–Crippen LogP) is 3.54. The third-order valence-corrected chi connectivity index (χ3v) is 2.66. The molecule has 0 bridgehead atoms. The molecule has 2 aromatic rings. The third kappa shape index (κ3) is 3.48. The van der Waals surface area contributed by atoms with Crippen molar-refractivity contribution in [2.75, 3.05) is 10.6 Å². The number of halogens is 1.